The molecule has 8 nitrogen and oxygen atoms in total. The fourth-order valence-corrected chi connectivity index (χ4v) is 8.05. The van der Waals surface area contributed by atoms with Crippen LogP contribution < -0.4 is 10.6 Å². The van der Waals surface area contributed by atoms with Crippen molar-refractivity contribution in [3.8, 4) is 0 Å². The average Bonchev–Trinajstić information content (AvgIpc) is 2.71. The van der Waals surface area contributed by atoms with Crippen LogP contribution in [0.5, 0.6) is 0 Å². The van der Waals surface area contributed by atoms with Crippen molar-refractivity contribution >= 4 is 97.2 Å². The molecule has 0 bridgehead atoms. The molecule has 2 rings (SSSR count). The number of carboxylic acid groups (broad SMARTS) is 1. The van der Waals surface area contributed by atoms with Gasteiger partial charge in [-0.25, -0.2) is 0 Å². The number of hydrogen-bond acceptors (Lipinski definition) is 4. The molecule has 0 aliphatic heterocycles. The lowest BCUT2D eigenvalue weighted by Gasteiger charge is -2.35. The zero-order chi connectivity index (χ0) is 23.3. The normalized spacial score (nSPS) is 14.1. The van der Waals surface area contributed by atoms with Crippen molar-refractivity contribution in [3.05, 3.63) is 21.8 Å². The van der Waals surface area contributed by atoms with Crippen molar-refractivity contribution in [1.82, 2.24) is 10.2 Å². The highest BCUT2D eigenvalue weighted by Crippen LogP contribution is 2.37. The number of carbonyl (C=O) groups excluding carboxylic acids is 3. The Kier molecular flexibility index (Phi) is 10.2. The predicted octanol–water partition coefficient (Wildman–Crippen LogP) is 4.07. The Morgan fingerprint density at radius 3 is 2.10 bits per heavy atom. The summed E-state index contributed by atoms with van der Waals surface area (Å²) in [5.74, 6) is -1.95. The lowest BCUT2D eigenvalue weighted by molar-refractivity contribution is -0.137. The number of anilines is 1. The quantitative estimate of drug-likeness (QED) is 0.363. The van der Waals surface area contributed by atoms with Crippen LogP contribution in [0.15, 0.2) is 0 Å². The van der Waals surface area contributed by atoms with Crippen molar-refractivity contribution in [2.45, 2.75) is 51.5 Å². The van der Waals surface area contributed by atoms with Crippen LogP contribution in [0.25, 0.3) is 0 Å². The Bertz CT molecular complexity index is 901. The molecule has 1 aliphatic rings. The van der Waals surface area contributed by atoms with E-state index < -0.39 is 5.97 Å². The highest BCUT2D eigenvalue weighted by atomic mass is 127. The van der Waals surface area contributed by atoms with Crippen LogP contribution in [-0.2, 0) is 9.59 Å². The van der Waals surface area contributed by atoms with E-state index in [-0.39, 0.29) is 36.7 Å². The molecule has 1 aromatic rings. The second-order valence-corrected chi connectivity index (χ2v) is 10.5. The zero-order valence-corrected chi connectivity index (χ0v) is 23.7. The molecular formula is C20H24I3N3O5. The van der Waals surface area contributed by atoms with Gasteiger partial charge in [-0.05, 0) is 80.6 Å². The summed E-state index contributed by atoms with van der Waals surface area (Å²) in [6.45, 7) is 1.47. The summed E-state index contributed by atoms with van der Waals surface area (Å²) in [6.07, 6.45) is 4.57. The van der Waals surface area contributed by atoms with E-state index in [1.54, 1.807) is 4.90 Å². The van der Waals surface area contributed by atoms with Crippen LogP contribution in [0, 0.1) is 10.7 Å². The van der Waals surface area contributed by atoms with Crippen molar-refractivity contribution in [3.63, 3.8) is 0 Å². The molecule has 3 N–H and O–H groups in total. The summed E-state index contributed by atoms with van der Waals surface area (Å²) in [4.78, 5) is 51.1. The van der Waals surface area contributed by atoms with E-state index in [4.69, 9.17) is 0 Å². The number of aliphatic carboxylic acids is 1. The van der Waals surface area contributed by atoms with Gasteiger partial charge in [-0.3, -0.25) is 19.2 Å². The Morgan fingerprint density at radius 1 is 1.00 bits per heavy atom. The van der Waals surface area contributed by atoms with E-state index in [0.29, 0.717) is 27.5 Å². The van der Waals surface area contributed by atoms with Crippen LogP contribution in [0.2, 0.25) is 0 Å². The van der Waals surface area contributed by atoms with E-state index in [2.05, 4.69) is 10.6 Å². The third-order valence-electron chi connectivity index (χ3n) is 5.13. The molecule has 0 spiro atoms. The van der Waals surface area contributed by atoms with Crippen molar-refractivity contribution < 1.29 is 24.3 Å². The Labute approximate surface area is 222 Å². The van der Waals surface area contributed by atoms with Gasteiger partial charge in [-0.2, -0.15) is 0 Å². The maximum Gasteiger partial charge on any atom is 0.305 e. The largest absolute Gasteiger partial charge is 0.481 e. The van der Waals surface area contributed by atoms with Crippen molar-refractivity contribution in [2.24, 2.45) is 0 Å². The van der Waals surface area contributed by atoms with E-state index in [1.165, 1.54) is 14.0 Å². The molecule has 0 heterocycles. The fraction of sp³-hybridized carbons (Fsp3) is 0.500. The van der Waals surface area contributed by atoms with Crippen molar-refractivity contribution in [2.75, 3.05) is 18.9 Å². The first-order chi connectivity index (χ1) is 14.6. The molecule has 0 atom stereocenters. The molecule has 0 unspecified atom stereocenters. The van der Waals surface area contributed by atoms with Gasteiger partial charge in [-0.1, -0.05) is 19.3 Å². The number of amides is 3. The molecule has 0 aromatic heterocycles. The summed E-state index contributed by atoms with van der Waals surface area (Å²) in [5.41, 5.74) is 1.05. The van der Waals surface area contributed by atoms with Crippen molar-refractivity contribution in [1.29, 1.82) is 0 Å². The van der Waals surface area contributed by atoms with Gasteiger partial charge in [0.1, 0.15) is 0 Å². The number of carbonyl (C=O) groups is 4. The number of halogens is 3. The Morgan fingerprint density at radius 2 is 1.58 bits per heavy atom. The van der Waals surface area contributed by atoms with Gasteiger partial charge in [0.15, 0.2) is 0 Å². The minimum absolute atomic E-state index is 0.0425. The lowest BCUT2D eigenvalue weighted by atomic mass is 9.93. The van der Waals surface area contributed by atoms with Crippen LogP contribution in [0.1, 0.15) is 66.2 Å². The van der Waals surface area contributed by atoms with Gasteiger partial charge in [-0.15, -0.1) is 0 Å². The topological polar surface area (TPSA) is 116 Å². The smallest absolute Gasteiger partial charge is 0.305 e. The summed E-state index contributed by atoms with van der Waals surface area (Å²) in [6, 6.07) is -0.0425. The molecule has 11 heteroatoms. The van der Waals surface area contributed by atoms with Gasteiger partial charge in [0.2, 0.25) is 5.91 Å². The van der Waals surface area contributed by atoms with E-state index in [1.807, 2.05) is 67.8 Å². The first kappa shape index (κ1) is 26.5. The highest BCUT2D eigenvalue weighted by Gasteiger charge is 2.33. The fourth-order valence-electron chi connectivity index (χ4n) is 3.66. The molecule has 3 amide bonds. The first-order valence-corrected chi connectivity index (χ1v) is 13.1. The number of nitrogens with one attached hydrogen (secondary N) is 2. The summed E-state index contributed by atoms with van der Waals surface area (Å²) in [5, 5.41) is 14.6. The van der Waals surface area contributed by atoms with Crippen LogP contribution in [-0.4, -0.2) is 53.3 Å². The molecule has 1 saturated carbocycles. The number of nitrogens with zero attached hydrogens (tertiary/aromatic N) is 1. The lowest BCUT2D eigenvalue weighted by Crippen LogP contribution is -2.43. The standard InChI is InChI=1S/C20H24I3N3O5/c1-10(27)25-18-16(22)13(19(30)24-2)15(21)14(17(18)23)20(31)26(9-8-12(28)29)11-6-4-3-5-7-11/h11H,3-9H2,1-2H3,(H,24,30)(H,25,27)(H,28,29). The molecule has 31 heavy (non-hydrogen) atoms. The summed E-state index contributed by atoms with van der Waals surface area (Å²) in [7, 11) is 1.51. The van der Waals surface area contributed by atoms with Gasteiger partial charge in [0.25, 0.3) is 11.8 Å². The molecule has 1 aromatic carbocycles. The van der Waals surface area contributed by atoms with Crippen LogP contribution in [0.4, 0.5) is 5.69 Å². The second kappa shape index (κ2) is 12.0. The minimum Gasteiger partial charge on any atom is -0.481 e. The summed E-state index contributed by atoms with van der Waals surface area (Å²) >= 11 is 6.02. The van der Waals surface area contributed by atoms with Gasteiger partial charge < -0.3 is 20.6 Å². The van der Waals surface area contributed by atoms with E-state index in [9.17, 15) is 24.3 Å². The predicted molar refractivity (Wildman–Crippen MR) is 142 cm³/mol. The van der Waals surface area contributed by atoms with Gasteiger partial charge in [0, 0.05) is 30.1 Å². The minimum atomic E-state index is -0.967. The molecular weight excluding hydrogens is 743 g/mol. The number of hydrogen-bond donors (Lipinski definition) is 3. The van der Waals surface area contributed by atoms with E-state index in [0.717, 1.165) is 32.1 Å². The number of carboxylic acids is 1. The van der Waals surface area contributed by atoms with E-state index >= 15 is 0 Å². The maximum absolute atomic E-state index is 13.8. The highest BCUT2D eigenvalue weighted by molar-refractivity contribution is 14.1. The Hall–Kier alpha value is -0.710. The first-order valence-electron chi connectivity index (χ1n) is 9.83. The average molecular weight is 767 g/mol. The monoisotopic (exact) mass is 767 g/mol. The molecule has 170 valence electrons. The summed E-state index contributed by atoms with van der Waals surface area (Å²) < 4.78 is 1.57. The second-order valence-electron chi connectivity index (χ2n) is 7.26. The maximum atomic E-state index is 13.8. The number of benzene rings is 1. The number of rotatable bonds is 7. The molecule has 0 saturated heterocycles. The molecule has 0 radical (unpaired) electrons. The molecule has 1 aliphatic carbocycles. The molecule has 1 fully saturated rings. The van der Waals surface area contributed by atoms with Crippen LogP contribution in [0.3, 0.4) is 0 Å². The Balaban J connectivity index is 2.65. The van der Waals surface area contributed by atoms with Gasteiger partial charge >= 0.3 is 5.97 Å². The SMILES string of the molecule is CNC(=O)c1c(I)c(NC(C)=O)c(I)c(C(=O)N(CCC(=O)O)C2CCCCC2)c1I. The van der Waals surface area contributed by atoms with Crippen LogP contribution >= 0.6 is 67.8 Å². The zero-order valence-electron chi connectivity index (χ0n) is 17.2. The third-order valence-corrected chi connectivity index (χ3v) is 8.37. The third kappa shape index (κ3) is 6.42. The van der Waals surface area contributed by atoms with Gasteiger partial charge in [0.05, 0.1) is 30.4 Å².